The average Bonchev–Trinajstić information content (AvgIpc) is 2.34. The topological polar surface area (TPSA) is 77.3 Å². The first-order valence-corrected chi connectivity index (χ1v) is 4.98. The molecule has 112 valence electrons. The fourth-order valence-corrected chi connectivity index (χ4v) is 1.05. The van der Waals surface area contributed by atoms with Gasteiger partial charge < -0.3 is 10.1 Å². The van der Waals surface area contributed by atoms with Crippen LogP contribution in [0.25, 0.3) is 0 Å². The van der Waals surface area contributed by atoms with Crippen LogP contribution in [-0.4, -0.2) is 35.7 Å². The maximum absolute atomic E-state index is 12.6. The summed E-state index contributed by atoms with van der Waals surface area (Å²) in [5, 5.41) is 12.9. The molecule has 1 heterocycles. The molecule has 6 nitrogen and oxygen atoms in total. The second-order valence-corrected chi connectivity index (χ2v) is 3.55. The summed E-state index contributed by atoms with van der Waals surface area (Å²) in [5.74, 6) is -5.91. The number of aromatic nitrogens is 1. The van der Waals surface area contributed by atoms with Gasteiger partial charge in [0.05, 0.1) is 17.1 Å². The molecule has 0 aliphatic heterocycles. The minimum absolute atomic E-state index is 0.107. The third kappa shape index (κ3) is 3.65. The van der Waals surface area contributed by atoms with E-state index in [0.717, 1.165) is 6.07 Å². The van der Waals surface area contributed by atoms with Crippen molar-refractivity contribution in [3.63, 3.8) is 0 Å². The molecule has 0 unspecified atom stereocenters. The fourth-order valence-electron chi connectivity index (χ4n) is 1.05. The Labute approximate surface area is 108 Å². The summed E-state index contributed by atoms with van der Waals surface area (Å²) in [5.41, 5.74) is -0.560. The van der Waals surface area contributed by atoms with Gasteiger partial charge in [-0.1, -0.05) is 0 Å². The number of alkyl halides is 5. The molecule has 0 saturated carbocycles. The van der Waals surface area contributed by atoms with Crippen molar-refractivity contribution >= 4 is 11.5 Å². The van der Waals surface area contributed by atoms with E-state index in [1.165, 1.54) is 7.05 Å². The van der Waals surface area contributed by atoms with Crippen LogP contribution in [0.3, 0.4) is 0 Å². The molecule has 20 heavy (non-hydrogen) atoms. The Morgan fingerprint density at radius 1 is 1.35 bits per heavy atom. The van der Waals surface area contributed by atoms with Crippen molar-refractivity contribution in [2.24, 2.45) is 0 Å². The third-order valence-electron chi connectivity index (χ3n) is 2.07. The van der Waals surface area contributed by atoms with Gasteiger partial charge in [0, 0.05) is 7.05 Å². The molecule has 0 amide bonds. The molecule has 0 aliphatic carbocycles. The van der Waals surface area contributed by atoms with Crippen LogP contribution in [0.15, 0.2) is 12.1 Å². The quantitative estimate of drug-likeness (QED) is 0.514. The van der Waals surface area contributed by atoms with Crippen molar-refractivity contribution in [2.45, 2.75) is 12.1 Å². The number of nitrogens with zero attached hydrogens (tertiary/aromatic N) is 2. The van der Waals surface area contributed by atoms with E-state index in [9.17, 15) is 32.1 Å². The second-order valence-electron chi connectivity index (χ2n) is 3.55. The molecule has 1 rings (SSSR count). The number of nitrogens with one attached hydrogen (secondary N) is 1. The highest BCUT2D eigenvalue weighted by atomic mass is 19.4. The Balaban J connectivity index is 2.93. The lowest BCUT2D eigenvalue weighted by Crippen LogP contribution is -2.41. The zero-order chi connectivity index (χ0) is 15.6. The summed E-state index contributed by atoms with van der Waals surface area (Å²) in [6, 6.07) is 1.61. The van der Waals surface area contributed by atoms with E-state index >= 15 is 0 Å². The Morgan fingerprint density at radius 3 is 2.40 bits per heavy atom. The highest BCUT2D eigenvalue weighted by molar-refractivity contribution is 5.47. The summed E-state index contributed by atoms with van der Waals surface area (Å²) < 4.78 is 65.2. The van der Waals surface area contributed by atoms with E-state index < -0.39 is 35.2 Å². The number of halogens is 5. The van der Waals surface area contributed by atoms with E-state index in [0.29, 0.717) is 6.07 Å². The molecule has 0 atom stereocenters. The molecule has 0 bridgehead atoms. The lowest BCUT2D eigenvalue weighted by atomic mass is 10.3. The Kier molecular flexibility index (Phi) is 4.30. The number of rotatable bonds is 5. The highest BCUT2D eigenvalue weighted by Gasteiger charge is 2.58. The summed E-state index contributed by atoms with van der Waals surface area (Å²) in [4.78, 5) is 13.2. The maximum atomic E-state index is 12.6. The molecule has 1 aromatic rings. The number of ether oxygens (including phenoxy) is 1. The van der Waals surface area contributed by atoms with Gasteiger partial charge in [-0.25, -0.2) is 0 Å². The van der Waals surface area contributed by atoms with Crippen LogP contribution >= 0.6 is 0 Å². The number of anilines is 1. The van der Waals surface area contributed by atoms with Gasteiger partial charge in [0.25, 0.3) is 5.69 Å². The van der Waals surface area contributed by atoms with Crippen LogP contribution in [0, 0.1) is 10.1 Å². The minimum Gasteiger partial charge on any atom is -0.471 e. The molecule has 0 aliphatic rings. The molecule has 1 N–H and O–H groups in total. The van der Waals surface area contributed by atoms with Crippen molar-refractivity contribution in [3.05, 3.63) is 22.2 Å². The SMILES string of the molecule is CNc1cc([N+](=O)[O-])cc(OCC(F)(F)C(F)(F)F)n1. The number of hydrogen-bond acceptors (Lipinski definition) is 5. The van der Waals surface area contributed by atoms with Crippen molar-refractivity contribution in [2.75, 3.05) is 19.0 Å². The molecule has 1 aromatic heterocycles. The summed E-state index contributed by atoms with van der Waals surface area (Å²) in [6.45, 7) is -2.02. The lowest BCUT2D eigenvalue weighted by molar-refractivity contribution is -0.385. The van der Waals surface area contributed by atoms with E-state index in [4.69, 9.17) is 0 Å². The van der Waals surface area contributed by atoms with Crippen molar-refractivity contribution < 1.29 is 31.6 Å². The Hall–Kier alpha value is -2.20. The van der Waals surface area contributed by atoms with Gasteiger partial charge in [-0.05, 0) is 0 Å². The second kappa shape index (κ2) is 5.43. The minimum atomic E-state index is -5.78. The van der Waals surface area contributed by atoms with Crippen LogP contribution in [0.5, 0.6) is 5.88 Å². The van der Waals surface area contributed by atoms with E-state index in [1.807, 2.05) is 0 Å². The third-order valence-corrected chi connectivity index (χ3v) is 2.07. The Bertz CT molecular complexity index is 506. The van der Waals surface area contributed by atoms with Crippen LogP contribution in [0.2, 0.25) is 0 Å². The largest absolute Gasteiger partial charge is 0.471 e. The normalized spacial score (nSPS) is 12.1. The molecular weight excluding hydrogens is 293 g/mol. The number of pyridine rings is 1. The first-order valence-electron chi connectivity index (χ1n) is 4.98. The van der Waals surface area contributed by atoms with Gasteiger partial charge in [-0.2, -0.15) is 26.9 Å². The van der Waals surface area contributed by atoms with Crippen LogP contribution in [0.4, 0.5) is 33.5 Å². The zero-order valence-corrected chi connectivity index (χ0v) is 9.87. The summed E-state index contributed by atoms with van der Waals surface area (Å²) in [6.07, 6.45) is -5.78. The van der Waals surface area contributed by atoms with Gasteiger partial charge in [0.2, 0.25) is 5.88 Å². The Morgan fingerprint density at radius 2 is 1.95 bits per heavy atom. The van der Waals surface area contributed by atoms with Gasteiger partial charge in [-0.15, -0.1) is 0 Å². The average molecular weight is 301 g/mol. The van der Waals surface area contributed by atoms with Crippen LogP contribution in [-0.2, 0) is 0 Å². The van der Waals surface area contributed by atoms with E-state index in [-0.39, 0.29) is 5.82 Å². The maximum Gasteiger partial charge on any atom is 0.456 e. The standard InChI is InChI=1S/C9H8F5N3O3/c1-15-6-2-5(17(18)19)3-7(16-6)20-4-8(10,11)9(12,13)14/h2-3H,4H2,1H3,(H,15,16). The van der Waals surface area contributed by atoms with E-state index in [1.54, 1.807) is 0 Å². The van der Waals surface area contributed by atoms with Gasteiger partial charge in [-0.3, -0.25) is 10.1 Å². The zero-order valence-electron chi connectivity index (χ0n) is 9.87. The first-order chi connectivity index (χ1) is 9.06. The molecule has 0 spiro atoms. The predicted molar refractivity (Wildman–Crippen MR) is 56.9 cm³/mol. The molecule has 0 fully saturated rings. The fraction of sp³-hybridized carbons (Fsp3) is 0.444. The smallest absolute Gasteiger partial charge is 0.456 e. The van der Waals surface area contributed by atoms with Gasteiger partial charge in [0.15, 0.2) is 6.61 Å². The monoisotopic (exact) mass is 301 g/mol. The van der Waals surface area contributed by atoms with Crippen LogP contribution < -0.4 is 10.1 Å². The molecular formula is C9H8F5N3O3. The molecule has 11 heteroatoms. The van der Waals surface area contributed by atoms with Crippen molar-refractivity contribution in [1.82, 2.24) is 4.98 Å². The summed E-state index contributed by atoms with van der Waals surface area (Å²) in [7, 11) is 1.33. The number of nitro groups is 1. The van der Waals surface area contributed by atoms with Gasteiger partial charge in [0.1, 0.15) is 5.82 Å². The highest BCUT2D eigenvalue weighted by Crippen LogP contribution is 2.35. The van der Waals surface area contributed by atoms with Crippen molar-refractivity contribution in [3.8, 4) is 5.88 Å². The van der Waals surface area contributed by atoms with Gasteiger partial charge >= 0.3 is 12.1 Å². The van der Waals surface area contributed by atoms with E-state index in [2.05, 4.69) is 15.0 Å². The molecule has 0 aromatic carbocycles. The van der Waals surface area contributed by atoms with Crippen molar-refractivity contribution in [1.29, 1.82) is 0 Å². The molecule has 0 saturated heterocycles. The number of hydrogen-bond donors (Lipinski definition) is 1. The first kappa shape index (κ1) is 15.9. The lowest BCUT2D eigenvalue weighted by Gasteiger charge is -2.19. The predicted octanol–water partition coefficient (Wildman–Crippen LogP) is 2.61. The summed E-state index contributed by atoms with van der Waals surface area (Å²) >= 11 is 0. The molecule has 0 radical (unpaired) electrons. The van der Waals surface area contributed by atoms with Crippen LogP contribution in [0.1, 0.15) is 0 Å².